The highest BCUT2D eigenvalue weighted by Crippen LogP contribution is 2.50. The van der Waals surface area contributed by atoms with Crippen molar-refractivity contribution in [2.45, 2.75) is 23.3 Å². The van der Waals surface area contributed by atoms with Gasteiger partial charge in [0, 0.05) is 33.0 Å². The predicted octanol–water partition coefficient (Wildman–Crippen LogP) is 5.33. The lowest BCUT2D eigenvalue weighted by atomic mass is 10.1. The number of ether oxygens (including phenoxy) is 1. The van der Waals surface area contributed by atoms with E-state index in [-0.39, 0.29) is 22.6 Å². The largest absolute Gasteiger partial charge is 0.457 e. The molecule has 0 saturated heterocycles. The van der Waals surface area contributed by atoms with E-state index in [1.807, 2.05) is 0 Å². The zero-order valence-electron chi connectivity index (χ0n) is 11.9. The minimum absolute atomic E-state index is 0.190. The van der Waals surface area contributed by atoms with Gasteiger partial charge in [-0.2, -0.15) is 0 Å². The van der Waals surface area contributed by atoms with Crippen molar-refractivity contribution in [1.82, 2.24) is 0 Å². The topological polar surface area (TPSA) is 29.5 Å². The molecule has 2 nitrogen and oxygen atoms in total. The summed E-state index contributed by atoms with van der Waals surface area (Å²) in [7, 11) is 0. The molecule has 1 aliphatic rings. The van der Waals surface area contributed by atoms with Crippen LogP contribution >= 0.6 is 27.7 Å². The third-order valence-corrected chi connectivity index (χ3v) is 4.90. The third-order valence-electron chi connectivity index (χ3n) is 3.64. The van der Waals surface area contributed by atoms with Crippen molar-refractivity contribution in [3.8, 4) is 11.5 Å². The van der Waals surface area contributed by atoms with Crippen molar-refractivity contribution >= 4 is 27.7 Å². The highest BCUT2D eigenvalue weighted by molar-refractivity contribution is 9.10. The lowest BCUT2D eigenvalue weighted by molar-refractivity contribution is -0.0976. The molecule has 0 amide bonds. The number of hydrogen-bond donors (Lipinski definition) is 1. The molecule has 0 heterocycles. The smallest absolute Gasteiger partial charge is 0.281 e. The molecule has 1 N–H and O–H groups in total. The van der Waals surface area contributed by atoms with E-state index in [4.69, 9.17) is 4.74 Å². The fraction of sp³-hybridized carbons (Fsp3) is 0.250. The van der Waals surface area contributed by atoms with Gasteiger partial charge in [0.2, 0.25) is 0 Å². The molecule has 122 valence electrons. The first kappa shape index (κ1) is 16.7. The van der Waals surface area contributed by atoms with Crippen molar-refractivity contribution in [3.63, 3.8) is 0 Å². The van der Waals surface area contributed by atoms with E-state index in [0.717, 1.165) is 0 Å². The van der Waals surface area contributed by atoms with Gasteiger partial charge in [0.25, 0.3) is 5.92 Å². The Kier molecular flexibility index (Phi) is 4.37. The fourth-order valence-corrected chi connectivity index (χ4v) is 3.74. The normalized spacial score (nSPS) is 18.8. The second-order valence-corrected chi connectivity index (χ2v) is 6.97. The Morgan fingerprint density at radius 2 is 2.04 bits per heavy atom. The molecular weight excluding hydrogens is 393 g/mol. The highest BCUT2D eigenvalue weighted by Gasteiger charge is 2.49. The predicted molar refractivity (Wildman–Crippen MR) is 86.0 cm³/mol. The Balaban J connectivity index is 2.05. The molecule has 0 bridgehead atoms. The van der Waals surface area contributed by atoms with E-state index in [0.29, 0.717) is 9.37 Å². The van der Waals surface area contributed by atoms with Crippen LogP contribution in [0.4, 0.5) is 13.2 Å². The molecule has 0 spiro atoms. The van der Waals surface area contributed by atoms with Crippen LogP contribution in [0.15, 0.2) is 39.7 Å². The van der Waals surface area contributed by atoms with Gasteiger partial charge in [0.1, 0.15) is 23.4 Å². The second-order valence-electron chi connectivity index (χ2n) is 5.21. The van der Waals surface area contributed by atoms with E-state index in [1.165, 1.54) is 23.9 Å². The van der Waals surface area contributed by atoms with Gasteiger partial charge in [0.15, 0.2) is 0 Å². The summed E-state index contributed by atoms with van der Waals surface area (Å²) in [5.74, 6) is -3.35. The molecule has 0 aliphatic heterocycles. The molecule has 1 atom stereocenters. The second kappa shape index (κ2) is 6.03. The maximum absolute atomic E-state index is 13.9. The number of thioether (sulfide) groups is 1. The number of halogens is 4. The summed E-state index contributed by atoms with van der Waals surface area (Å²) in [4.78, 5) is 0.581. The summed E-state index contributed by atoms with van der Waals surface area (Å²) >= 11 is 4.44. The number of aliphatic hydroxyl groups is 1. The lowest BCUT2D eigenvalue weighted by Gasteiger charge is -2.15. The molecule has 1 unspecified atom stereocenters. The van der Waals surface area contributed by atoms with Crippen molar-refractivity contribution in [2.24, 2.45) is 0 Å². The van der Waals surface area contributed by atoms with E-state index >= 15 is 0 Å². The van der Waals surface area contributed by atoms with Gasteiger partial charge in [-0.3, -0.25) is 0 Å². The zero-order valence-corrected chi connectivity index (χ0v) is 14.3. The molecule has 3 rings (SSSR count). The minimum atomic E-state index is -3.24. The quantitative estimate of drug-likeness (QED) is 0.701. The summed E-state index contributed by atoms with van der Waals surface area (Å²) < 4.78 is 47.3. The molecule has 2 aromatic carbocycles. The van der Waals surface area contributed by atoms with Gasteiger partial charge in [-0.25, -0.2) is 13.2 Å². The number of rotatable bonds is 3. The molecule has 1 aliphatic carbocycles. The molecule has 7 heteroatoms. The first-order valence-electron chi connectivity index (χ1n) is 6.71. The van der Waals surface area contributed by atoms with Gasteiger partial charge in [0.05, 0.1) is 0 Å². The van der Waals surface area contributed by atoms with Crippen LogP contribution in [0.3, 0.4) is 0 Å². The lowest BCUT2D eigenvalue weighted by Crippen LogP contribution is -2.21. The standard InChI is InChI=1S/C16H12BrF3O2S/c1-23-13-3-2-12(11-7-16(19,20)15(21)14(11)13)22-10-5-8(17)4-9(18)6-10/h2-6,15,21H,7H2,1H3. The van der Waals surface area contributed by atoms with Crippen LogP contribution in [0.2, 0.25) is 0 Å². The summed E-state index contributed by atoms with van der Waals surface area (Å²) in [6, 6.07) is 7.17. The first-order valence-corrected chi connectivity index (χ1v) is 8.73. The van der Waals surface area contributed by atoms with E-state index in [1.54, 1.807) is 24.5 Å². The fourth-order valence-electron chi connectivity index (χ4n) is 2.64. The maximum atomic E-state index is 13.9. The van der Waals surface area contributed by atoms with Gasteiger partial charge in [-0.15, -0.1) is 11.8 Å². The van der Waals surface area contributed by atoms with Crippen LogP contribution in [0.1, 0.15) is 17.2 Å². The number of alkyl halides is 2. The Hall–Kier alpha value is -1.18. The van der Waals surface area contributed by atoms with Gasteiger partial charge >= 0.3 is 0 Å². The van der Waals surface area contributed by atoms with Crippen LogP contribution in [0, 0.1) is 5.82 Å². The Labute approximate surface area is 143 Å². The van der Waals surface area contributed by atoms with Crippen LogP contribution in [-0.4, -0.2) is 17.3 Å². The first-order chi connectivity index (χ1) is 10.8. The highest BCUT2D eigenvalue weighted by atomic mass is 79.9. The molecule has 0 fully saturated rings. The van der Waals surface area contributed by atoms with Crippen LogP contribution in [0.5, 0.6) is 11.5 Å². The van der Waals surface area contributed by atoms with Crippen molar-refractivity contribution < 1.29 is 23.0 Å². The molecular formula is C16H12BrF3O2S. The maximum Gasteiger partial charge on any atom is 0.281 e. The third kappa shape index (κ3) is 3.09. The van der Waals surface area contributed by atoms with Gasteiger partial charge in [-0.05, 0) is 30.5 Å². The Bertz CT molecular complexity index is 747. The van der Waals surface area contributed by atoms with Crippen LogP contribution in [-0.2, 0) is 6.42 Å². The number of benzene rings is 2. The van der Waals surface area contributed by atoms with E-state index in [2.05, 4.69) is 15.9 Å². The summed E-state index contributed by atoms with van der Waals surface area (Å²) in [5.41, 5.74) is 0.449. The van der Waals surface area contributed by atoms with Gasteiger partial charge < -0.3 is 9.84 Å². The number of fused-ring (bicyclic) bond motifs is 1. The SMILES string of the molecule is CSc1ccc(Oc2cc(F)cc(Br)c2)c2c1C(O)C(F)(F)C2. The van der Waals surface area contributed by atoms with E-state index in [9.17, 15) is 18.3 Å². The average Bonchev–Trinajstić information content (AvgIpc) is 2.70. The summed E-state index contributed by atoms with van der Waals surface area (Å²) in [5, 5.41) is 9.91. The average molecular weight is 405 g/mol. The monoisotopic (exact) mass is 404 g/mol. The van der Waals surface area contributed by atoms with Crippen molar-refractivity contribution in [3.05, 3.63) is 51.7 Å². The van der Waals surface area contributed by atoms with Crippen molar-refractivity contribution in [1.29, 1.82) is 0 Å². The van der Waals surface area contributed by atoms with Crippen LogP contribution < -0.4 is 4.74 Å². The zero-order chi connectivity index (χ0) is 16.8. The summed E-state index contributed by atoms with van der Waals surface area (Å²) in [6.07, 6.45) is -0.713. The van der Waals surface area contributed by atoms with Crippen LogP contribution in [0.25, 0.3) is 0 Å². The van der Waals surface area contributed by atoms with Gasteiger partial charge in [-0.1, -0.05) is 15.9 Å². The molecule has 0 aromatic heterocycles. The molecule has 23 heavy (non-hydrogen) atoms. The number of hydrogen-bond acceptors (Lipinski definition) is 3. The molecule has 0 radical (unpaired) electrons. The minimum Gasteiger partial charge on any atom is -0.457 e. The summed E-state index contributed by atoms with van der Waals surface area (Å²) in [6.45, 7) is 0. The Morgan fingerprint density at radius 3 is 2.70 bits per heavy atom. The molecule has 0 saturated carbocycles. The molecule has 2 aromatic rings. The van der Waals surface area contributed by atoms with Crippen molar-refractivity contribution in [2.75, 3.05) is 6.26 Å². The number of aliphatic hydroxyl groups excluding tert-OH is 1. The van der Waals surface area contributed by atoms with E-state index < -0.39 is 24.3 Å². The Morgan fingerprint density at radius 1 is 1.30 bits per heavy atom.